The van der Waals surface area contributed by atoms with Gasteiger partial charge in [0.15, 0.2) is 0 Å². The van der Waals surface area contributed by atoms with E-state index in [2.05, 4.69) is 15.8 Å². The number of carbonyl (C=O) groups excluding carboxylic acids is 1. The Balaban J connectivity index is 2.03. The van der Waals surface area contributed by atoms with E-state index in [1.54, 1.807) is 11.3 Å². The SMILES string of the molecule is O=C1NN=C(c2ccccc2)[C@H](c2cccs2)N1. The van der Waals surface area contributed by atoms with E-state index in [1.807, 2.05) is 47.8 Å². The van der Waals surface area contributed by atoms with E-state index in [0.717, 1.165) is 16.2 Å². The molecule has 3 rings (SSSR count). The van der Waals surface area contributed by atoms with Gasteiger partial charge in [-0.15, -0.1) is 11.3 Å². The third kappa shape index (κ3) is 2.00. The molecule has 18 heavy (non-hydrogen) atoms. The van der Waals surface area contributed by atoms with Crippen molar-refractivity contribution in [3.05, 3.63) is 58.3 Å². The Bertz CT molecular complexity index is 578. The van der Waals surface area contributed by atoms with Crippen LogP contribution in [-0.2, 0) is 0 Å². The molecule has 5 heteroatoms. The van der Waals surface area contributed by atoms with Gasteiger partial charge in [0, 0.05) is 10.4 Å². The molecule has 0 spiro atoms. The van der Waals surface area contributed by atoms with Crippen LogP contribution in [0.15, 0.2) is 52.9 Å². The van der Waals surface area contributed by atoms with Crippen molar-refractivity contribution in [1.29, 1.82) is 0 Å². The van der Waals surface area contributed by atoms with Gasteiger partial charge in [-0.3, -0.25) is 0 Å². The van der Waals surface area contributed by atoms with Gasteiger partial charge >= 0.3 is 6.03 Å². The number of hydrazone groups is 1. The highest BCUT2D eigenvalue weighted by molar-refractivity contribution is 7.10. The van der Waals surface area contributed by atoms with E-state index >= 15 is 0 Å². The molecular formula is C13H11N3OS. The highest BCUT2D eigenvalue weighted by Gasteiger charge is 2.26. The van der Waals surface area contributed by atoms with Crippen LogP contribution in [0.5, 0.6) is 0 Å². The van der Waals surface area contributed by atoms with Gasteiger partial charge < -0.3 is 5.32 Å². The van der Waals surface area contributed by atoms with Crippen molar-refractivity contribution in [2.24, 2.45) is 5.10 Å². The van der Waals surface area contributed by atoms with Crippen molar-refractivity contribution in [3.63, 3.8) is 0 Å². The Morgan fingerprint density at radius 3 is 2.67 bits per heavy atom. The van der Waals surface area contributed by atoms with E-state index in [1.165, 1.54) is 0 Å². The van der Waals surface area contributed by atoms with Crippen LogP contribution in [0.25, 0.3) is 0 Å². The minimum Gasteiger partial charge on any atom is -0.323 e. The number of nitrogens with zero attached hydrogens (tertiary/aromatic N) is 1. The number of amides is 2. The first kappa shape index (κ1) is 11.0. The molecule has 4 nitrogen and oxygen atoms in total. The number of hydrogen-bond donors (Lipinski definition) is 2. The molecular weight excluding hydrogens is 246 g/mol. The van der Waals surface area contributed by atoms with Crippen LogP contribution >= 0.6 is 11.3 Å². The smallest absolute Gasteiger partial charge is 0.323 e. The molecule has 0 radical (unpaired) electrons. The molecule has 1 aromatic carbocycles. The van der Waals surface area contributed by atoms with E-state index in [9.17, 15) is 4.79 Å². The van der Waals surface area contributed by atoms with Crippen LogP contribution in [0.4, 0.5) is 4.79 Å². The van der Waals surface area contributed by atoms with Crippen LogP contribution in [0, 0.1) is 0 Å². The van der Waals surface area contributed by atoms with Crippen molar-refractivity contribution in [1.82, 2.24) is 10.7 Å². The fraction of sp³-hybridized carbons (Fsp3) is 0.0769. The quantitative estimate of drug-likeness (QED) is 0.853. The molecule has 1 aliphatic rings. The van der Waals surface area contributed by atoms with E-state index < -0.39 is 0 Å². The second kappa shape index (κ2) is 4.62. The summed E-state index contributed by atoms with van der Waals surface area (Å²) in [6.45, 7) is 0. The van der Waals surface area contributed by atoms with Crippen molar-refractivity contribution in [2.75, 3.05) is 0 Å². The molecule has 1 aliphatic heterocycles. The normalized spacial score (nSPS) is 18.8. The third-order valence-electron chi connectivity index (χ3n) is 2.72. The van der Waals surface area contributed by atoms with E-state index in [0.29, 0.717) is 0 Å². The fourth-order valence-corrected chi connectivity index (χ4v) is 2.69. The standard InChI is InChI=1S/C13H11N3OS/c17-13-14-12(10-7-4-8-18-10)11(15-16-13)9-5-2-1-3-6-9/h1-8,12H,(H2,14,16,17)/t12-/m0/s1. The number of thiophene rings is 1. The first-order valence-corrected chi connectivity index (χ1v) is 6.45. The van der Waals surface area contributed by atoms with E-state index in [4.69, 9.17) is 0 Å². The van der Waals surface area contributed by atoms with Crippen LogP contribution < -0.4 is 10.7 Å². The summed E-state index contributed by atoms with van der Waals surface area (Å²) in [5.41, 5.74) is 4.30. The molecule has 0 bridgehead atoms. The summed E-state index contributed by atoms with van der Waals surface area (Å²) in [6, 6.07) is 13.4. The molecule has 0 unspecified atom stereocenters. The van der Waals surface area contributed by atoms with Crippen LogP contribution in [0.3, 0.4) is 0 Å². The van der Waals surface area contributed by atoms with Gasteiger partial charge in [-0.05, 0) is 11.4 Å². The molecule has 2 heterocycles. The van der Waals surface area contributed by atoms with Crippen molar-refractivity contribution >= 4 is 23.1 Å². The van der Waals surface area contributed by atoms with Gasteiger partial charge in [-0.1, -0.05) is 36.4 Å². The van der Waals surface area contributed by atoms with Crippen molar-refractivity contribution in [2.45, 2.75) is 6.04 Å². The van der Waals surface area contributed by atoms with Crippen molar-refractivity contribution in [3.8, 4) is 0 Å². The molecule has 1 atom stereocenters. The predicted octanol–water partition coefficient (Wildman–Crippen LogP) is 2.51. The zero-order valence-electron chi connectivity index (χ0n) is 9.46. The zero-order valence-corrected chi connectivity index (χ0v) is 10.3. The Morgan fingerprint density at radius 2 is 1.94 bits per heavy atom. The number of nitrogens with one attached hydrogen (secondary N) is 2. The maximum Gasteiger partial charge on any atom is 0.336 e. The summed E-state index contributed by atoms with van der Waals surface area (Å²) in [5.74, 6) is 0. The van der Waals surface area contributed by atoms with Gasteiger partial charge in [0.25, 0.3) is 0 Å². The molecule has 90 valence electrons. The average molecular weight is 257 g/mol. The lowest BCUT2D eigenvalue weighted by Gasteiger charge is -2.23. The largest absolute Gasteiger partial charge is 0.336 e. The molecule has 1 aromatic heterocycles. The van der Waals surface area contributed by atoms with Gasteiger partial charge in [0.05, 0.1) is 5.71 Å². The number of benzene rings is 1. The maximum absolute atomic E-state index is 11.4. The minimum atomic E-state index is -0.270. The van der Waals surface area contributed by atoms with Gasteiger partial charge in [0.2, 0.25) is 0 Å². The molecule has 0 fully saturated rings. The number of carbonyl (C=O) groups is 1. The van der Waals surface area contributed by atoms with Crippen LogP contribution in [-0.4, -0.2) is 11.7 Å². The molecule has 0 aliphatic carbocycles. The summed E-state index contributed by atoms with van der Waals surface area (Å²) in [5, 5.41) is 9.07. The van der Waals surface area contributed by atoms with E-state index in [-0.39, 0.29) is 12.1 Å². The lowest BCUT2D eigenvalue weighted by Crippen LogP contribution is -2.44. The second-order valence-corrected chi connectivity index (χ2v) is 4.88. The molecule has 0 saturated carbocycles. The Kier molecular flexibility index (Phi) is 2.82. The molecule has 2 aromatic rings. The minimum absolute atomic E-state index is 0.179. The maximum atomic E-state index is 11.4. The molecule has 2 N–H and O–H groups in total. The first-order valence-electron chi connectivity index (χ1n) is 5.57. The zero-order chi connectivity index (χ0) is 12.4. The van der Waals surface area contributed by atoms with Crippen LogP contribution in [0.1, 0.15) is 16.5 Å². The Morgan fingerprint density at radius 1 is 1.11 bits per heavy atom. The average Bonchev–Trinajstić information content (AvgIpc) is 2.93. The summed E-state index contributed by atoms with van der Waals surface area (Å²) >= 11 is 1.61. The predicted molar refractivity (Wildman–Crippen MR) is 71.7 cm³/mol. The number of hydrogen-bond acceptors (Lipinski definition) is 3. The fourth-order valence-electron chi connectivity index (χ4n) is 1.91. The van der Waals surface area contributed by atoms with Crippen molar-refractivity contribution < 1.29 is 4.79 Å². The summed E-state index contributed by atoms with van der Waals surface area (Å²) < 4.78 is 0. The highest BCUT2D eigenvalue weighted by atomic mass is 32.1. The number of urea groups is 1. The first-order chi connectivity index (χ1) is 8.84. The Labute approximate surface area is 108 Å². The molecule has 0 saturated heterocycles. The molecule has 2 amide bonds. The lowest BCUT2D eigenvalue weighted by atomic mass is 10.0. The van der Waals surface area contributed by atoms with Crippen LogP contribution in [0.2, 0.25) is 0 Å². The summed E-state index contributed by atoms with van der Waals surface area (Å²) in [4.78, 5) is 12.5. The third-order valence-corrected chi connectivity index (χ3v) is 3.66. The topological polar surface area (TPSA) is 53.5 Å². The highest BCUT2D eigenvalue weighted by Crippen LogP contribution is 2.24. The van der Waals surface area contributed by atoms with Gasteiger partial charge in [-0.25, -0.2) is 10.2 Å². The van der Waals surface area contributed by atoms with Gasteiger partial charge in [0.1, 0.15) is 6.04 Å². The monoisotopic (exact) mass is 257 g/mol. The second-order valence-electron chi connectivity index (χ2n) is 3.90. The number of rotatable bonds is 2. The van der Waals surface area contributed by atoms with Gasteiger partial charge in [-0.2, -0.15) is 5.10 Å². The summed E-state index contributed by atoms with van der Waals surface area (Å²) in [6.07, 6.45) is 0. The summed E-state index contributed by atoms with van der Waals surface area (Å²) in [7, 11) is 0. The lowest BCUT2D eigenvalue weighted by molar-refractivity contribution is 0.238. The Hall–Kier alpha value is -2.14.